The molecule has 0 unspecified atom stereocenters. The lowest BCUT2D eigenvalue weighted by Gasteiger charge is -2.23. The highest BCUT2D eigenvalue weighted by atomic mass is 15.2. The molecule has 0 aromatic carbocycles. The number of hydrogen-bond acceptors (Lipinski definition) is 3. The molecule has 0 N–H and O–H groups in total. The maximum Gasteiger partial charge on any atom is 0.146 e. The summed E-state index contributed by atoms with van der Waals surface area (Å²) >= 11 is 0. The second kappa shape index (κ2) is 4.02. The zero-order chi connectivity index (χ0) is 13.5. The number of anilines is 1. The summed E-state index contributed by atoms with van der Waals surface area (Å²) in [4.78, 5) is 6.40. The molecule has 0 aliphatic carbocycles. The summed E-state index contributed by atoms with van der Waals surface area (Å²) < 4.78 is 1.92. The summed E-state index contributed by atoms with van der Waals surface area (Å²) in [5.74, 6) is 0.965. The third-order valence-electron chi connectivity index (χ3n) is 3.01. The largest absolute Gasteiger partial charge is 0.364 e. The minimum atomic E-state index is 0.00414. The van der Waals surface area contributed by atoms with E-state index in [-0.39, 0.29) is 5.41 Å². The molecule has 0 amide bonds. The Morgan fingerprint density at radius 2 is 1.94 bits per heavy atom. The van der Waals surface area contributed by atoms with Gasteiger partial charge in [0.2, 0.25) is 0 Å². The van der Waals surface area contributed by atoms with Gasteiger partial charge in [-0.05, 0) is 11.5 Å². The average molecular weight is 242 g/mol. The molecule has 0 bridgehead atoms. The van der Waals surface area contributed by atoms with Crippen molar-refractivity contribution in [2.75, 3.05) is 19.0 Å². The molecule has 4 nitrogen and oxygen atoms in total. The molecular formula is C14H18N4. The van der Waals surface area contributed by atoms with E-state index in [0.717, 1.165) is 17.0 Å². The van der Waals surface area contributed by atoms with Crippen molar-refractivity contribution < 1.29 is 0 Å². The Labute approximate surface area is 107 Å². The minimum absolute atomic E-state index is 0.00414. The smallest absolute Gasteiger partial charge is 0.146 e. The minimum Gasteiger partial charge on any atom is -0.364 e. The van der Waals surface area contributed by atoms with E-state index in [1.165, 1.54) is 0 Å². The van der Waals surface area contributed by atoms with Crippen LogP contribution in [0.4, 0.5) is 5.82 Å². The number of pyridine rings is 1. The Morgan fingerprint density at radius 1 is 1.28 bits per heavy atom. The van der Waals surface area contributed by atoms with Gasteiger partial charge < -0.3 is 4.90 Å². The summed E-state index contributed by atoms with van der Waals surface area (Å²) in [6.45, 7) is 6.45. The second-order valence-electron chi connectivity index (χ2n) is 5.66. The number of rotatable bonds is 1. The van der Waals surface area contributed by atoms with E-state index in [1.807, 2.05) is 29.5 Å². The van der Waals surface area contributed by atoms with Crippen LogP contribution in [0.2, 0.25) is 0 Å². The molecule has 0 saturated heterocycles. The van der Waals surface area contributed by atoms with E-state index < -0.39 is 0 Å². The first kappa shape index (κ1) is 12.4. The van der Waals surface area contributed by atoms with Crippen LogP contribution in [0.25, 0.3) is 5.65 Å². The zero-order valence-electron chi connectivity index (χ0n) is 11.5. The van der Waals surface area contributed by atoms with Crippen molar-refractivity contribution in [1.29, 1.82) is 5.26 Å². The first-order valence-corrected chi connectivity index (χ1v) is 5.94. The monoisotopic (exact) mass is 242 g/mol. The van der Waals surface area contributed by atoms with Crippen molar-refractivity contribution in [1.82, 2.24) is 9.38 Å². The molecule has 2 heterocycles. The summed E-state index contributed by atoms with van der Waals surface area (Å²) in [6.07, 6.45) is 1.64. The highest BCUT2D eigenvalue weighted by Crippen LogP contribution is 2.29. The molecule has 2 aromatic rings. The number of hydrogen-bond donors (Lipinski definition) is 0. The standard InChI is InChI=1S/C14H18N4/c1-14(2,3)11-6-7-12(17(4)5)18-10(8-15)9-16-13(11)18/h6-7,9H,1-5H3. The van der Waals surface area contributed by atoms with Crippen LogP contribution in [0.15, 0.2) is 18.3 Å². The number of nitrogens with zero attached hydrogens (tertiary/aromatic N) is 4. The number of aromatic nitrogens is 2. The van der Waals surface area contributed by atoms with Gasteiger partial charge in [-0.3, -0.25) is 4.40 Å². The zero-order valence-corrected chi connectivity index (χ0v) is 11.5. The molecule has 2 aromatic heterocycles. The number of fused-ring (bicyclic) bond motifs is 1. The van der Waals surface area contributed by atoms with Crippen LogP contribution in [0.1, 0.15) is 32.0 Å². The molecule has 0 atom stereocenters. The Bertz CT molecular complexity index is 624. The van der Waals surface area contributed by atoms with E-state index in [2.05, 4.69) is 37.9 Å². The molecular weight excluding hydrogens is 224 g/mol. The van der Waals surface area contributed by atoms with Gasteiger partial charge in [-0.2, -0.15) is 5.26 Å². The number of nitriles is 1. The number of imidazole rings is 1. The van der Waals surface area contributed by atoms with Gasteiger partial charge in [-0.25, -0.2) is 4.98 Å². The Kier molecular flexibility index (Phi) is 2.78. The van der Waals surface area contributed by atoms with Crippen LogP contribution < -0.4 is 4.90 Å². The highest BCUT2D eigenvalue weighted by molar-refractivity contribution is 5.61. The van der Waals surface area contributed by atoms with Crippen molar-refractivity contribution in [3.63, 3.8) is 0 Å². The Balaban J connectivity index is 2.87. The molecule has 4 heteroatoms. The van der Waals surface area contributed by atoms with Gasteiger partial charge in [0, 0.05) is 19.7 Å². The predicted molar refractivity (Wildman–Crippen MR) is 72.9 cm³/mol. The highest BCUT2D eigenvalue weighted by Gasteiger charge is 2.21. The van der Waals surface area contributed by atoms with Crippen molar-refractivity contribution in [3.8, 4) is 6.07 Å². The van der Waals surface area contributed by atoms with Gasteiger partial charge in [0.15, 0.2) is 0 Å². The normalized spacial score (nSPS) is 11.6. The lowest BCUT2D eigenvalue weighted by molar-refractivity contribution is 0.591. The summed E-state index contributed by atoms with van der Waals surface area (Å²) in [5.41, 5.74) is 2.59. The van der Waals surface area contributed by atoms with E-state index in [9.17, 15) is 5.26 Å². The van der Waals surface area contributed by atoms with Crippen molar-refractivity contribution in [2.45, 2.75) is 26.2 Å². The van der Waals surface area contributed by atoms with Crippen LogP contribution in [-0.2, 0) is 5.41 Å². The third-order valence-corrected chi connectivity index (χ3v) is 3.01. The van der Waals surface area contributed by atoms with Crippen LogP contribution in [0.5, 0.6) is 0 Å². The summed E-state index contributed by atoms with van der Waals surface area (Å²) in [5, 5.41) is 9.20. The predicted octanol–water partition coefficient (Wildman–Crippen LogP) is 2.57. The maximum absolute atomic E-state index is 9.20. The lowest BCUT2D eigenvalue weighted by atomic mass is 9.87. The fourth-order valence-corrected chi connectivity index (χ4v) is 2.09. The molecule has 0 aliphatic rings. The molecule has 0 radical (unpaired) electrons. The maximum atomic E-state index is 9.20. The van der Waals surface area contributed by atoms with Gasteiger partial charge in [-0.1, -0.05) is 26.8 Å². The molecule has 0 fully saturated rings. The Hall–Kier alpha value is -2.02. The van der Waals surface area contributed by atoms with Gasteiger partial charge in [0.05, 0.1) is 6.20 Å². The van der Waals surface area contributed by atoms with Gasteiger partial charge >= 0.3 is 0 Å². The lowest BCUT2D eigenvalue weighted by Crippen LogP contribution is -2.18. The van der Waals surface area contributed by atoms with E-state index in [0.29, 0.717) is 5.69 Å². The first-order chi connectivity index (χ1) is 8.36. The van der Waals surface area contributed by atoms with Crippen LogP contribution >= 0.6 is 0 Å². The molecule has 0 spiro atoms. The molecule has 94 valence electrons. The van der Waals surface area contributed by atoms with E-state index in [4.69, 9.17) is 0 Å². The first-order valence-electron chi connectivity index (χ1n) is 5.94. The molecule has 0 saturated carbocycles. The van der Waals surface area contributed by atoms with Crippen LogP contribution in [-0.4, -0.2) is 23.5 Å². The van der Waals surface area contributed by atoms with Crippen molar-refractivity contribution >= 4 is 11.5 Å². The SMILES string of the molecule is CN(C)c1ccc(C(C)(C)C)c2ncc(C#N)n12. The van der Waals surface area contributed by atoms with Crippen molar-refractivity contribution in [2.24, 2.45) is 0 Å². The fourth-order valence-electron chi connectivity index (χ4n) is 2.09. The summed E-state index contributed by atoms with van der Waals surface area (Å²) in [7, 11) is 3.93. The van der Waals surface area contributed by atoms with E-state index in [1.54, 1.807) is 6.20 Å². The molecule has 2 rings (SSSR count). The van der Waals surface area contributed by atoms with Gasteiger partial charge in [0.1, 0.15) is 23.2 Å². The molecule has 0 aliphatic heterocycles. The third kappa shape index (κ3) is 1.82. The summed E-state index contributed by atoms with van der Waals surface area (Å²) in [6, 6.07) is 6.33. The molecule has 18 heavy (non-hydrogen) atoms. The van der Waals surface area contributed by atoms with E-state index >= 15 is 0 Å². The van der Waals surface area contributed by atoms with Crippen LogP contribution in [0.3, 0.4) is 0 Å². The fraction of sp³-hybridized carbons (Fsp3) is 0.429. The second-order valence-corrected chi connectivity index (χ2v) is 5.66. The van der Waals surface area contributed by atoms with Gasteiger partial charge in [-0.15, -0.1) is 0 Å². The Morgan fingerprint density at radius 3 is 2.44 bits per heavy atom. The van der Waals surface area contributed by atoms with Crippen molar-refractivity contribution in [3.05, 3.63) is 29.6 Å². The quantitative estimate of drug-likeness (QED) is 0.772. The average Bonchev–Trinajstić information content (AvgIpc) is 2.69. The van der Waals surface area contributed by atoms with Gasteiger partial charge in [0.25, 0.3) is 0 Å². The topological polar surface area (TPSA) is 44.3 Å². The van der Waals surface area contributed by atoms with Crippen LogP contribution in [0, 0.1) is 11.3 Å².